The molecule has 0 bridgehead atoms. The topological polar surface area (TPSA) is 101 Å². The van der Waals surface area contributed by atoms with Gasteiger partial charge in [-0.1, -0.05) is 36.4 Å². The van der Waals surface area contributed by atoms with Gasteiger partial charge in [-0.15, -0.1) is 0 Å². The Morgan fingerprint density at radius 3 is 1.76 bits per heavy atom. The number of piperidine rings is 1. The average Bonchev–Trinajstić information content (AvgIpc) is 2.92. The monoisotopic (exact) mass is 559 g/mol. The number of hydrogen-bond donors (Lipinski definition) is 2. The van der Waals surface area contributed by atoms with E-state index in [1.165, 1.54) is 30.3 Å². The van der Waals surface area contributed by atoms with Crippen LogP contribution in [0.4, 0.5) is 9.18 Å². The van der Waals surface area contributed by atoms with Crippen molar-refractivity contribution >= 4 is 17.6 Å². The number of ketones is 2. The number of phenolic OH excluding ortho intramolecular Hbond substituents is 2. The minimum absolute atomic E-state index is 0.0287. The second-order valence-corrected chi connectivity index (χ2v) is 11.2. The number of carbonyl (C=O) groups is 3. The van der Waals surface area contributed by atoms with Gasteiger partial charge in [0.25, 0.3) is 0 Å². The van der Waals surface area contributed by atoms with E-state index < -0.39 is 23.6 Å². The van der Waals surface area contributed by atoms with Gasteiger partial charge < -0.3 is 24.9 Å². The zero-order valence-electron chi connectivity index (χ0n) is 23.3. The van der Waals surface area contributed by atoms with Gasteiger partial charge in [0.2, 0.25) is 0 Å². The highest BCUT2D eigenvalue weighted by atomic mass is 19.1. The van der Waals surface area contributed by atoms with Crippen LogP contribution in [0.2, 0.25) is 0 Å². The van der Waals surface area contributed by atoms with Crippen LogP contribution in [0.5, 0.6) is 11.5 Å². The number of aromatic hydroxyl groups is 2. The molecule has 214 valence electrons. The molecule has 2 N–H and O–H groups in total. The summed E-state index contributed by atoms with van der Waals surface area (Å²) in [5.41, 5.74) is 1.33. The third-order valence-corrected chi connectivity index (χ3v) is 8.44. The summed E-state index contributed by atoms with van der Waals surface area (Å²) in [6.07, 6.45) is 0. The molecule has 2 unspecified atom stereocenters. The predicted octanol–water partition coefficient (Wildman–Crippen LogP) is 4.31. The maximum absolute atomic E-state index is 14.9. The molecular weight excluding hydrogens is 525 g/mol. The van der Waals surface area contributed by atoms with Gasteiger partial charge in [0.1, 0.15) is 17.3 Å². The van der Waals surface area contributed by atoms with Gasteiger partial charge in [-0.25, -0.2) is 9.18 Å². The number of hydrogen-bond acceptors (Lipinski definition) is 6. The molecule has 9 heteroatoms. The van der Waals surface area contributed by atoms with Gasteiger partial charge in [0.05, 0.1) is 0 Å². The fraction of sp³-hybridized carbons (Fsp3) is 0.344. The largest absolute Gasteiger partial charge is 0.508 e. The molecule has 2 heterocycles. The molecule has 0 radical (unpaired) electrons. The molecule has 2 fully saturated rings. The van der Waals surface area contributed by atoms with Crippen molar-refractivity contribution in [2.24, 2.45) is 11.8 Å². The first-order valence-electron chi connectivity index (χ1n) is 13.7. The normalized spacial score (nSPS) is 21.0. The van der Waals surface area contributed by atoms with E-state index in [2.05, 4.69) is 0 Å². The Morgan fingerprint density at radius 2 is 1.27 bits per heavy atom. The lowest BCUT2D eigenvalue weighted by atomic mass is 9.68. The highest BCUT2D eigenvalue weighted by Gasteiger charge is 2.48. The number of halogens is 1. The molecule has 0 spiro atoms. The van der Waals surface area contributed by atoms with Crippen LogP contribution in [0.3, 0.4) is 0 Å². The van der Waals surface area contributed by atoms with E-state index in [1.807, 2.05) is 19.0 Å². The molecule has 41 heavy (non-hydrogen) atoms. The molecule has 2 atom stereocenters. The van der Waals surface area contributed by atoms with Gasteiger partial charge in [0, 0.05) is 61.1 Å². The highest BCUT2D eigenvalue weighted by Crippen LogP contribution is 2.43. The van der Waals surface area contributed by atoms with E-state index in [0.717, 1.165) is 0 Å². The molecule has 2 amide bonds. The number of nitrogens with zero attached hydrogens (tertiary/aromatic N) is 3. The van der Waals surface area contributed by atoms with Crippen molar-refractivity contribution in [1.29, 1.82) is 0 Å². The standard InChI is InChI=1S/C32H34FN3O5/c1-19-25(11-6-12-28(19)33)29-26(30(39)20-7-4-9-23(37)13-20)17-36(32(41)35-15-22(16-35)34(2)3)18-27(29)31(40)21-8-5-10-24(38)14-21/h4-14,22,26-27,29,37-38H,15-18H2,1-3H3. The molecule has 2 aliphatic heterocycles. The van der Waals surface area contributed by atoms with Crippen LogP contribution in [-0.2, 0) is 0 Å². The van der Waals surface area contributed by atoms with Crippen molar-refractivity contribution in [3.63, 3.8) is 0 Å². The summed E-state index contributed by atoms with van der Waals surface area (Å²) in [6.45, 7) is 2.74. The molecule has 5 rings (SSSR count). The first-order chi connectivity index (χ1) is 19.5. The number of likely N-dealkylation sites (tertiary alicyclic amines) is 2. The first kappa shape index (κ1) is 28.3. The molecule has 3 aromatic carbocycles. The lowest BCUT2D eigenvalue weighted by Crippen LogP contribution is -2.64. The van der Waals surface area contributed by atoms with Crippen molar-refractivity contribution in [2.75, 3.05) is 40.3 Å². The van der Waals surface area contributed by atoms with Crippen molar-refractivity contribution in [3.05, 3.63) is 94.8 Å². The third-order valence-electron chi connectivity index (χ3n) is 8.44. The quantitative estimate of drug-likeness (QED) is 0.437. The smallest absolute Gasteiger partial charge is 0.320 e. The lowest BCUT2D eigenvalue weighted by molar-refractivity contribution is 0.0405. The van der Waals surface area contributed by atoms with Gasteiger partial charge in [-0.2, -0.15) is 0 Å². The number of Topliss-reactive ketones (excluding diaryl/α,β-unsaturated/α-hetero) is 2. The van der Waals surface area contributed by atoms with Gasteiger partial charge >= 0.3 is 6.03 Å². The number of urea groups is 1. The van der Waals surface area contributed by atoms with E-state index in [-0.39, 0.29) is 59.4 Å². The summed E-state index contributed by atoms with van der Waals surface area (Å²) in [7, 11) is 3.90. The van der Waals surface area contributed by atoms with Gasteiger partial charge in [-0.3, -0.25) is 9.59 Å². The number of carbonyl (C=O) groups excluding carboxylic acids is 3. The SMILES string of the molecule is Cc1c(F)cccc1C1C(C(=O)c2cccc(O)c2)CN(C(=O)N2CC(N(C)C)C2)CC1C(=O)c1cccc(O)c1. The second kappa shape index (κ2) is 11.3. The van der Waals surface area contributed by atoms with Crippen LogP contribution in [0, 0.1) is 24.6 Å². The Hall–Kier alpha value is -4.24. The Balaban J connectivity index is 1.61. The summed E-state index contributed by atoms with van der Waals surface area (Å²) in [5, 5.41) is 20.2. The molecule has 3 aromatic rings. The van der Waals surface area contributed by atoms with Crippen molar-refractivity contribution in [1.82, 2.24) is 14.7 Å². The van der Waals surface area contributed by atoms with Gasteiger partial charge in [-0.05, 0) is 62.5 Å². The van der Waals surface area contributed by atoms with Crippen LogP contribution in [0.1, 0.15) is 37.8 Å². The number of likely N-dealkylation sites (N-methyl/N-ethyl adjacent to an activating group) is 1. The Labute approximate surface area is 238 Å². The molecule has 2 saturated heterocycles. The van der Waals surface area contributed by atoms with Crippen LogP contribution in [0.25, 0.3) is 0 Å². The Kier molecular flexibility index (Phi) is 7.82. The Morgan fingerprint density at radius 1 is 0.780 bits per heavy atom. The van der Waals surface area contributed by atoms with Gasteiger partial charge in [0.15, 0.2) is 11.6 Å². The zero-order chi connectivity index (χ0) is 29.4. The second-order valence-electron chi connectivity index (χ2n) is 11.2. The summed E-state index contributed by atoms with van der Waals surface area (Å²) in [6, 6.07) is 16.5. The molecule has 0 saturated carbocycles. The number of rotatable bonds is 6. The van der Waals surface area contributed by atoms with E-state index >= 15 is 0 Å². The van der Waals surface area contributed by atoms with E-state index in [0.29, 0.717) is 24.2 Å². The molecular formula is C32H34FN3O5. The van der Waals surface area contributed by atoms with Crippen LogP contribution in [0.15, 0.2) is 66.7 Å². The van der Waals surface area contributed by atoms with Crippen molar-refractivity contribution in [3.8, 4) is 11.5 Å². The summed E-state index contributed by atoms with van der Waals surface area (Å²) >= 11 is 0. The van der Waals surface area contributed by atoms with E-state index in [4.69, 9.17) is 0 Å². The number of phenols is 2. The molecule has 0 aromatic heterocycles. The van der Waals surface area contributed by atoms with Crippen LogP contribution in [-0.4, -0.2) is 88.8 Å². The summed E-state index contributed by atoms with van der Waals surface area (Å²) in [5.74, 6) is -3.87. The maximum Gasteiger partial charge on any atom is 0.320 e. The zero-order valence-corrected chi connectivity index (χ0v) is 23.3. The molecule has 8 nitrogen and oxygen atoms in total. The lowest BCUT2D eigenvalue weighted by Gasteiger charge is -2.48. The van der Waals surface area contributed by atoms with Crippen LogP contribution < -0.4 is 0 Å². The first-order valence-corrected chi connectivity index (χ1v) is 13.7. The fourth-order valence-electron chi connectivity index (χ4n) is 6.01. The van der Waals surface area contributed by atoms with E-state index in [1.54, 1.807) is 53.1 Å². The average molecular weight is 560 g/mol. The van der Waals surface area contributed by atoms with Crippen molar-refractivity contribution in [2.45, 2.75) is 18.9 Å². The van der Waals surface area contributed by atoms with Crippen LogP contribution >= 0.6 is 0 Å². The van der Waals surface area contributed by atoms with Crippen molar-refractivity contribution < 1.29 is 29.0 Å². The minimum atomic E-state index is -0.896. The Bertz CT molecular complexity index is 1420. The fourth-order valence-corrected chi connectivity index (χ4v) is 6.01. The molecule has 2 aliphatic rings. The highest BCUT2D eigenvalue weighted by molar-refractivity contribution is 6.03. The predicted molar refractivity (Wildman–Crippen MR) is 152 cm³/mol. The van der Waals surface area contributed by atoms with E-state index in [9.17, 15) is 29.0 Å². The molecule has 0 aliphatic carbocycles. The number of amides is 2. The summed E-state index contributed by atoms with van der Waals surface area (Å²) in [4.78, 5) is 47.3. The minimum Gasteiger partial charge on any atom is -0.508 e. The maximum atomic E-state index is 14.9. The summed E-state index contributed by atoms with van der Waals surface area (Å²) < 4.78 is 14.9. The third kappa shape index (κ3) is 5.54. The number of benzene rings is 3.